The van der Waals surface area contributed by atoms with Gasteiger partial charge in [-0.25, -0.2) is 0 Å². The van der Waals surface area contributed by atoms with Crippen molar-refractivity contribution in [3.63, 3.8) is 0 Å². The summed E-state index contributed by atoms with van der Waals surface area (Å²) in [5.74, 6) is 0.292. The average molecular weight is 263 g/mol. The van der Waals surface area contributed by atoms with E-state index in [1.54, 1.807) is 19.2 Å². The summed E-state index contributed by atoms with van der Waals surface area (Å²) in [6, 6.07) is 4.57. The number of carbonyl (C=O) groups excluding carboxylic acids is 1. The zero-order chi connectivity index (χ0) is 14.0. The van der Waals surface area contributed by atoms with E-state index in [9.17, 15) is 14.9 Å². The van der Waals surface area contributed by atoms with Gasteiger partial charge in [0, 0.05) is 24.7 Å². The van der Waals surface area contributed by atoms with Crippen molar-refractivity contribution in [2.75, 3.05) is 12.4 Å². The summed E-state index contributed by atoms with van der Waals surface area (Å²) in [5.41, 5.74) is 0.629. The maximum absolute atomic E-state index is 12.0. The molecule has 1 saturated carbocycles. The molecule has 1 aromatic carbocycles. The number of rotatable bonds is 5. The van der Waals surface area contributed by atoms with Crippen LogP contribution in [0.3, 0.4) is 0 Å². The Morgan fingerprint density at radius 1 is 1.47 bits per heavy atom. The lowest BCUT2D eigenvalue weighted by atomic mass is 10.1. The van der Waals surface area contributed by atoms with E-state index in [1.165, 1.54) is 6.07 Å². The van der Waals surface area contributed by atoms with Crippen LogP contribution in [0.4, 0.5) is 11.4 Å². The maximum atomic E-state index is 12.0. The predicted molar refractivity (Wildman–Crippen MR) is 72.3 cm³/mol. The number of anilines is 1. The topological polar surface area (TPSA) is 84.3 Å². The van der Waals surface area contributed by atoms with Gasteiger partial charge < -0.3 is 10.6 Å². The van der Waals surface area contributed by atoms with Crippen LogP contribution in [-0.4, -0.2) is 23.9 Å². The summed E-state index contributed by atoms with van der Waals surface area (Å²) in [6.45, 7) is 1.96. The van der Waals surface area contributed by atoms with Gasteiger partial charge in [-0.3, -0.25) is 14.9 Å². The molecule has 1 aromatic rings. The molecule has 1 aliphatic rings. The molecular formula is C13H17N3O3. The molecule has 1 unspecified atom stereocenters. The molecule has 0 radical (unpaired) electrons. The molecule has 6 nitrogen and oxygen atoms in total. The highest BCUT2D eigenvalue weighted by Gasteiger charge is 2.29. The zero-order valence-corrected chi connectivity index (χ0v) is 11.0. The molecule has 1 fully saturated rings. The highest BCUT2D eigenvalue weighted by Crippen LogP contribution is 2.32. The molecular weight excluding hydrogens is 246 g/mol. The summed E-state index contributed by atoms with van der Waals surface area (Å²) in [5, 5.41) is 16.5. The standard InChI is InChI=1S/C13H17N3O3/c1-8(9-3-4-9)15-13(17)10-5-6-11(14-2)12(7-10)16(18)19/h5-9,14H,3-4H2,1-2H3,(H,15,17). The van der Waals surface area contributed by atoms with E-state index in [0.29, 0.717) is 17.2 Å². The molecule has 0 bridgehead atoms. The van der Waals surface area contributed by atoms with Crippen molar-refractivity contribution in [2.45, 2.75) is 25.8 Å². The van der Waals surface area contributed by atoms with Gasteiger partial charge in [-0.2, -0.15) is 0 Å². The third kappa shape index (κ3) is 3.01. The highest BCUT2D eigenvalue weighted by molar-refractivity contribution is 5.95. The number of nitro groups is 1. The average Bonchev–Trinajstić information content (AvgIpc) is 3.21. The monoisotopic (exact) mass is 263 g/mol. The minimum atomic E-state index is -0.493. The second kappa shape index (κ2) is 5.26. The van der Waals surface area contributed by atoms with E-state index in [2.05, 4.69) is 10.6 Å². The predicted octanol–water partition coefficient (Wildman–Crippen LogP) is 2.16. The Hall–Kier alpha value is -2.11. The van der Waals surface area contributed by atoms with Gasteiger partial charge in [0.2, 0.25) is 0 Å². The molecule has 1 atom stereocenters. The number of carbonyl (C=O) groups is 1. The third-order valence-electron chi connectivity index (χ3n) is 3.41. The van der Waals surface area contributed by atoms with Crippen molar-refractivity contribution in [1.82, 2.24) is 5.32 Å². The van der Waals surface area contributed by atoms with E-state index in [1.807, 2.05) is 6.92 Å². The van der Waals surface area contributed by atoms with Crippen LogP contribution in [0.5, 0.6) is 0 Å². The summed E-state index contributed by atoms with van der Waals surface area (Å²) in [6.07, 6.45) is 2.28. The minimum Gasteiger partial charge on any atom is -0.383 e. The van der Waals surface area contributed by atoms with Gasteiger partial charge in [0.05, 0.1) is 4.92 Å². The molecule has 102 valence electrons. The number of benzene rings is 1. The highest BCUT2D eigenvalue weighted by atomic mass is 16.6. The Morgan fingerprint density at radius 2 is 2.16 bits per heavy atom. The van der Waals surface area contributed by atoms with E-state index >= 15 is 0 Å². The van der Waals surface area contributed by atoms with E-state index in [0.717, 1.165) is 12.8 Å². The molecule has 1 aliphatic carbocycles. The van der Waals surface area contributed by atoms with Gasteiger partial charge >= 0.3 is 0 Å². The molecule has 6 heteroatoms. The van der Waals surface area contributed by atoms with Crippen LogP contribution in [0.15, 0.2) is 18.2 Å². The van der Waals surface area contributed by atoms with Gasteiger partial charge in [-0.1, -0.05) is 0 Å². The molecule has 0 aliphatic heterocycles. The summed E-state index contributed by atoms with van der Waals surface area (Å²) < 4.78 is 0. The number of amides is 1. The molecule has 19 heavy (non-hydrogen) atoms. The van der Waals surface area contributed by atoms with E-state index in [-0.39, 0.29) is 17.6 Å². The molecule has 2 rings (SSSR count). The smallest absolute Gasteiger partial charge is 0.293 e. The van der Waals surface area contributed by atoms with Gasteiger partial charge in [0.1, 0.15) is 5.69 Å². The first-order valence-electron chi connectivity index (χ1n) is 6.30. The van der Waals surface area contributed by atoms with Crippen molar-refractivity contribution in [3.8, 4) is 0 Å². The zero-order valence-electron chi connectivity index (χ0n) is 11.0. The number of nitrogens with zero attached hydrogens (tertiary/aromatic N) is 1. The second-order valence-corrected chi connectivity index (χ2v) is 4.84. The van der Waals surface area contributed by atoms with Gasteiger partial charge in [0.15, 0.2) is 0 Å². The molecule has 0 spiro atoms. The molecule has 0 aromatic heterocycles. The lowest BCUT2D eigenvalue weighted by Gasteiger charge is -2.13. The van der Waals surface area contributed by atoms with E-state index < -0.39 is 4.92 Å². The fourth-order valence-corrected chi connectivity index (χ4v) is 2.04. The lowest BCUT2D eigenvalue weighted by Crippen LogP contribution is -2.34. The van der Waals surface area contributed by atoms with Crippen LogP contribution in [-0.2, 0) is 0 Å². The summed E-state index contributed by atoms with van der Waals surface area (Å²) >= 11 is 0. The maximum Gasteiger partial charge on any atom is 0.293 e. The lowest BCUT2D eigenvalue weighted by molar-refractivity contribution is -0.384. The number of hydrogen-bond donors (Lipinski definition) is 2. The van der Waals surface area contributed by atoms with Crippen molar-refractivity contribution in [1.29, 1.82) is 0 Å². The Labute approximate surface area is 111 Å². The van der Waals surface area contributed by atoms with Gasteiger partial charge in [-0.05, 0) is 37.8 Å². The van der Waals surface area contributed by atoms with Crippen LogP contribution >= 0.6 is 0 Å². The van der Waals surface area contributed by atoms with Crippen molar-refractivity contribution >= 4 is 17.3 Å². The van der Waals surface area contributed by atoms with Crippen LogP contribution in [0.1, 0.15) is 30.1 Å². The molecule has 1 amide bonds. The van der Waals surface area contributed by atoms with Crippen molar-refractivity contribution < 1.29 is 9.72 Å². The van der Waals surface area contributed by atoms with E-state index in [4.69, 9.17) is 0 Å². The molecule has 2 N–H and O–H groups in total. The number of nitrogens with one attached hydrogen (secondary N) is 2. The third-order valence-corrected chi connectivity index (χ3v) is 3.41. The Balaban J connectivity index is 2.17. The Morgan fingerprint density at radius 3 is 2.68 bits per heavy atom. The Kier molecular flexibility index (Phi) is 3.69. The minimum absolute atomic E-state index is 0.0887. The fourth-order valence-electron chi connectivity index (χ4n) is 2.04. The Bertz CT molecular complexity index is 512. The SMILES string of the molecule is CNc1ccc(C(=O)NC(C)C2CC2)cc1[N+](=O)[O-]. The first-order valence-corrected chi connectivity index (χ1v) is 6.30. The van der Waals surface area contributed by atoms with Crippen molar-refractivity contribution in [2.24, 2.45) is 5.92 Å². The van der Waals surface area contributed by atoms with Crippen LogP contribution in [0, 0.1) is 16.0 Å². The quantitative estimate of drug-likeness (QED) is 0.629. The van der Waals surface area contributed by atoms with Crippen molar-refractivity contribution in [3.05, 3.63) is 33.9 Å². The first kappa shape index (κ1) is 13.3. The molecule has 0 heterocycles. The van der Waals surface area contributed by atoms with Gasteiger partial charge in [0.25, 0.3) is 11.6 Å². The normalized spacial score (nSPS) is 15.7. The largest absolute Gasteiger partial charge is 0.383 e. The first-order chi connectivity index (χ1) is 9.02. The number of hydrogen-bond acceptors (Lipinski definition) is 4. The van der Waals surface area contributed by atoms with Gasteiger partial charge in [-0.15, -0.1) is 0 Å². The fraction of sp³-hybridized carbons (Fsp3) is 0.462. The molecule has 0 saturated heterocycles. The second-order valence-electron chi connectivity index (χ2n) is 4.84. The summed E-state index contributed by atoms with van der Waals surface area (Å²) in [7, 11) is 1.61. The number of nitro benzene ring substituents is 1. The van der Waals surface area contributed by atoms with Crippen LogP contribution in [0.2, 0.25) is 0 Å². The summed E-state index contributed by atoms with van der Waals surface area (Å²) in [4.78, 5) is 22.4. The van der Waals surface area contributed by atoms with Crippen LogP contribution < -0.4 is 10.6 Å². The van der Waals surface area contributed by atoms with Crippen LogP contribution in [0.25, 0.3) is 0 Å².